The largest absolute Gasteiger partial charge is 0.461 e. The zero-order valence-corrected chi connectivity index (χ0v) is 10.8. The molecule has 0 saturated carbocycles. The van der Waals surface area contributed by atoms with Gasteiger partial charge in [0.25, 0.3) is 0 Å². The maximum absolute atomic E-state index is 11.4. The highest BCUT2D eigenvalue weighted by molar-refractivity contribution is 6.64. The Morgan fingerprint density at radius 2 is 1.94 bits per heavy atom. The van der Waals surface area contributed by atoms with E-state index in [1.807, 2.05) is 0 Å². The summed E-state index contributed by atoms with van der Waals surface area (Å²) in [5, 5.41) is 4.33. The molecule has 0 saturated heterocycles. The molecule has 18 heavy (non-hydrogen) atoms. The van der Waals surface area contributed by atoms with E-state index in [0.717, 1.165) is 0 Å². The van der Waals surface area contributed by atoms with Crippen molar-refractivity contribution in [3.63, 3.8) is 0 Å². The molecule has 0 amide bonds. The molecule has 1 aromatic carbocycles. The van der Waals surface area contributed by atoms with Crippen LogP contribution in [0.15, 0.2) is 29.4 Å². The smallest absolute Gasteiger partial charge is 0.362 e. The quantitative estimate of drug-likeness (QED) is 0.385. The molecule has 6 heteroatoms. The fraction of sp³-hybridized carbons (Fsp3) is 0.250. The van der Waals surface area contributed by atoms with Gasteiger partial charge in [0.05, 0.1) is 12.3 Å². The maximum atomic E-state index is 11.4. The lowest BCUT2D eigenvalue weighted by atomic mass is 10.3. The Balaban J connectivity index is 2.80. The number of rotatable bonds is 5. The third kappa shape index (κ3) is 4.18. The van der Waals surface area contributed by atoms with Crippen LogP contribution in [-0.4, -0.2) is 24.1 Å². The van der Waals surface area contributed by atoms with Gasteiger partial charge in [-0.15, -0.1) is 0 Å². The highest BCUT2D eigenvalue weighted by Crippen LogP contribution is 2.13. The number of nitrogens with one attached hydrogen (secondary N) is 1. The monoisotopic (exact) mass is 268 g/mol. The molecule has 0 aromatic heterocycles. The Morgan fingerprint density at radius 1 is 1.33 bits per heavy atom. The predicted molar refractivity (Wildman–Crippen MR) is 69.8 cm³/mol. The van der Waals surface area contributed by atoms with Crippen LogP contribution in [0.2, 0.25) is 5.02 Å². The third-order valence-corrected chi connectivity index (χ3v) is 2.20. The van der Waals surface area contributed by atoms with Crippen molar-refractivity contribution in [2.45, 2.75) is 13.8 Å². The van der Waals surface area contributed by atoms with Crippen LogP contribution in [0.4, 0.5) is 5.69 Å². The zero-order valence-electron chi connectivity index (χ0n) is 10.1. The summed E-state index contributed by atoms with van der Waals surface area (Å²) in [4.78, 5) is 22.7. The van der Waals surface area contributed by atoms with Crippen LogP contribution in [0.25, 0.3) is 0 Å². The van der Waals surface area contributed by atoms with Gasteiger partial charge < -0.3 is 4.74 Å². The third-order valence-electron chi connectivity index (χ3n) is 1.94. The van der Waals surface area contributed by atoms with Crippen LogP contribution in [0.5, 0.6) is 0 Å². The molecule has 0 heterocycles. The van der Waals surface area contributed by atoms with Crippen molar-refractivity contribution >= 4 is 34.8 Å². The minimum absolute atomic E-state index is 0.187. The average molecular weight is 269 g/mol. The average Bonchev–Trinajstić information content (AvgIpc) is 2.31. The van der Waals surface area contributed by atoms with Gasteiger partial charge in [-0.25, -0.2) is 4.79 Å². The highest BCUT2D eigenvalue weighted by Gasteiger charge is 2.17. The number of nitrogens with zero attached hydrogens (tertiary/aromatic N) is 1. The molecule has 0 bridgehead atoms. The van der Waals surface area contributed by atoms with Crippen molar-refractivity contribution in [1.29, 1.82) is 0 Å². The lowest BCUT2D eigenvalue weighted by Crippen LogP contribution is -2.25. The number of hydrogen-bond donors (Lipinski definition) is 1. The molecular formula is C12H13ClN2O3. The highest BCUT2D eigenvalue weighted by atomic mass is 35.5. The van der Waals surface area contributed by atoms with Crippen molar-refractivity contribution in [3.05, 3.63) is 29.3 Å². The Bertz CT molecular complexity index is 469. The molecule has 0 unspecified atom stereocenters. The Labute approximate surface area is 110 Å². The standard InChI is InChI=1S/C12H13ClN2O3/c1-3-18-12(17)11(8(2)16)15-14-10-6-4-9(13)5-7-10/h4-7,14H,3H2,1-2H3. The number of hydrazone groups is 1. The lowest BCUT2D eigenvalue weighted by Gasteiger charge is -2.04. The molecule has 0 aliphatic rings. The Kier molecular flexibility index (Phi) is 5.32. The van der Waals surface area contributed by atoms with Crippen LogP contribution in [0.3, 0.4) is 0 Å². The second kappa shape index (κ2) is 6.76. The number of carbonyl (C=O) groups excluding carboxylic acids is 2. The van der Waals surface area contributed by atoms with E-state index in [0.29, 0.717) is 10.7 Å². The van der Waals surface area contributed by atoms with Gasteiger partial charge >= 0.3 is 5.97 Å². The van der Waals surface area contributed by atoms with E-state index < -0.39 is 11.8 Å². The number of esters is 1. The molecule has 0 radical (unpaired) electrons. The molecule has 1 aromatic rings. The Hall–Kier alpha value is -1.88. The molecule has 1 rings (SSSR count). The van der Waals surface area contributed by atoms with Crippen LogP contribution in [0.1, 0.15) is 13.8 Å². The van der Waals surface area contributed by atoms with E-state index in [-0.39, 0.29) is 12.3 Å². The molecule has 0 atom stereocenters. The minimum Gasteiger partial charge on any atom is -0.461 e. The first-order valence-electron chi connectivity index (χ1n) is 5.32. The number of ketones is 1. The predicted octanol–water partition coefficient (Wildman–Crippen LogP) is 2.26. The van der Waals surface area contributed by atoms with Gasteiger partial charge in [0.15, 0.2) is 5.78 Å². The summed E-state index contributed by atoms with van der Waals surface area (Å²) in [5.41, 5.74) is 2.94. The summed E-state index contributed by atoms with van der Waals surface area (Å²) in [5.74, 6) is -1.21. The summed E-state index contributed by atoms with van der Waals surface area (Å²) in [6.07, 6.45) is 0. The molecular weight excluding hydrogens is 256 g/mol. The van der Waals surface area contributed by atoms with Crippen molar-refractivity contribution < 1.29 is 14.3 Å². The van der Waals surface area contributed by atoms with Gasteiger partial charge in [0, 0.05) is 11.9 Å². The molecule has 1 N–H and O–H groups in total. The van der Waals surface area contributed by atoms with Crippen molar-refractivity contribution in [2.24, 2.45) is 5.10 Å². The molecule has 0 fully saturated rings. The zero-order chi connectivity index (χ0) is 13.5. The van der Waals surface area contributed by atoms with Gasteiger partial charge in [0.2, 0.25) is 5.71 Å². The van der Waals surface area contributed by atoms with E-state index >= 15 is 0 Å². The number of halogens is 1. The van der Waals surface area contributed by atoms with E-state index in [1.54, 1.807) is 31.2 Å². The molecule has 5 nitrogen and oxygen atoms in total. The van der Waals surface area contributed by atoms with E-state index in [9.17, 15) is 9.59 Å². The molecule has 0 spiro atoms. The number of ether oxygens (including phenoxy) is 1. The number of carbonyl (C=O) groups is 2. The summed E-state index contributed by atoms with van der Waals surface area (Å²) in [6, 6.07) is 6.68. The maximum Gasteiger partial charge on any atom is 0.362 e. The lowest BCUT2D eigenvalue weighted by molar-refractivity contribution is -0.135. The van der Waals surface area contributed by atoms with Gasteiger partial charge in [-0.2, -0.15) is 5.10 Å². The number of hydrogen-bond acceptors (Lipinski definition) is 5. The fourth-order valence-electron chi connectivity index (χ4n) is 1.11. The van der Waals surface area contributed by atoms with Crippen molar-refractivity contribution in [2.75, 3.05) is 12.0 Å². The SMILES string of the molecule is CCOC(=O)C(=NNc1ccc(Cl)cc1)C(C)=O. The Morgan fingerprint density at radius 3 is 2.44 bits per heavy atom. The van der Waals surface area contributed by atoms with E-state index in [2.05, 4.69) is 10.5 Å². The van der Waals surface area contributed by atoms with Gasteiger partial charge in [-0.1, -0.05) is 11.6 Å². The van der Waals surface area contributed by atoms with Crippen LogP contribution < -0.4 is 5.43 Å². The minimum atomic E-state index is -0.744. The topological polar surface area (TPSA) is 67.8 Å². The van der Waals surface area contributed by atoms with Crippen LogP contribution in [-0.2, 0) is 14.3 Å². The molecule has 96 valence electrons. The van der Waals surface area contributed by atoms with Crippen LogP contribution in [0, 0.1) is 0 Å². The number of anilines is 1. The van der Waals surface area contributed by atoms with E-state index in [4.69, 9.17) is 16.3 Å². The number of benzene rings is 1. The van der Waals surface area contributed by atoms with Gasteiger partial charge in [-0.05, 0) is 31.2 Å². The molecule has 0 aliphatic carbocycles. The number of Topliss-reactive ketones (excluding diaryl/α,β-unsaturated/α-hetero) is 1. The van der Waals surface area contributed by atoms with Crippen molar-refractivity contribution in [3.8, 4) is 0 Å². The first-order chi connectivity index (χ1) is 8.54. The summed E-state index contributed by atoms with van der Waals surface area (Å²) >= 11 is 5.72. The summed E-state index contributed by atoms with van der Waals surface area (Å²) in [6.45, 7) is 3.09. The second-order valence-corrected chi connectivity index (χ2v) is 3.79. The summed E-state index contributed by atoms with van der Waals surface area (Å²) < 4.78 is 4.72. The van der Waals surface area contributed by atoms with Gasteiger partial charge in [0.1, 0.15) is 0 Å². The first-order valence-corrected chi connectivity index (χ1v) is 5.69. The second-order valence-electron chi connectivity index (χ2n) is 3.36. The van der Waals surface area contributed by atoms with Gasteiger partial charge in [-0.3, -0.25) is 10.2 Å². The van der Waals surface area contributed by atoms with E-state index in [1.165, 1.54) is 6.92 Å². The fourth-order valence-corrected chi connectivity index (χ4v) is 1.24. The first kappa shape index (κ1) is 14.2. The van der Waals surface area contributed by atoms with Crippen LogP contribution >= 0.6 is 11.6 Å². The normalized spacial score (nSPS) is 10.9. The molecule has 0 aliphatic heterocycles. The summed E-state index contributed by atoms with van der Waals surface area (Å²) in [7, 11) is 0. The van der Waals surface area contributed by atoms with Crippen molar-refractivity contribution in [1.82, 2.24) is 0 Å².